The van der Waals surface area contributed by atoms with Crippen molar-refractivity contribution in [1.29, 1.82) is 0 Å². The van der Waals surface area contributed by atoms with E-state index in [0.29, 0.717) is 17.6 Å². The lowest BCUT2D eigenvalue weighted by Gasteiger charge is -2.40. The topological polar surface area (TPSA) is 172 Å². The molecular formula is C26H36O11. The number of aliphatic hydroxyl groups excluding tert-OH is 5. The van der Waals surface area contributed by atoms with Gasteiger partial charge in [0.2, 0.25) is 0 Å². The molecule has 0 bridgehead atoms. The van der Waals surface area contributed by atoms with Gasteiger partial charge in [0.15, 0.2) is 12.4 Å². The number of hydrogen-bond donors (Lipinski definition) is 5. The standard InChI is InChI=1S/C26H36O11/c1-9(2)19(28)25(33)34-15-6-10(3)13-7-14(11(4)17(13)23-18(15)12(5)24(32)37-23)35-26-22(31)21(30)20(29)16(8-27)36-26/h9,13-23,26-31H,3-8H2,1-2H3/t13-,14-,15+,16+,17-,18+,19+,20+,21-,22+,23+,26+/m0/s1. The number of ether oxygens (including phenoxy) is 4. The third-order valence-electron chi connectivity index (χ3n) is 8.03. The Morgan fingerprint density at radius 1 is 1.11 bits per heavy atom. The first-order valence-corrected chi connectivity index (χ1v) is 12.5. The van der Waals surface area contributed by atoms with Crippen LogP contribution in [0.3, 0.4) is 0 Å². The first-order valence-electron chi connectivity index (χ1n) is 12.5. The molecule has 0 aromatic rings. The highest BCUT2D eigenvalue weighted by Gasteiger charge is 2.58. The molecule has 4 rings (SSSR count). The number of carbonyl (C=O) groups is 2. The van der Waals surface area contributed by atoms with Gasteiger partial charge in [-0.3, -0.25) is 0 Å². The molecule has 2 saturated carbocycles. The molecule has 0 unspecified atom stereocenters. The average Bonchev–Trinajstić information content (AvgIpc) is 3.29. The van der Waals surface area contributed by atoms with Crippen molar-refractivity contribution < 1.29 is 54.1 Å². The summed E-state index contributed by atoms with van der Waals surface area (Å²) >= 11 is 0. The monoisotopic (exact) mass is 524 g/mol. The fraction of sp³-hybridized carbons (Fsp3) is 0.692. The number of hydrogen-bond acceptors (Lipinski definition) is 11. The van der Waals surface area contributed by atoms with Crippen LogP contribution in [0.1, 0.15) is 26.7 Å². The maximum atomic E-state index is 12.6. The smallest absolute Gasteiger partial charge is 0.335 e. The number of fused-ring (bicyclic) bond motifs is 3. The van der Waals surface area contributed by atoms with E-state index in [-0.39, 0.29) is 23.8 Å². The van der Waals surface area contributed by atoms with Crippen molar-refractivity contribution in [2.45, 2.75) is 81.8 Å². The van der Waals surface area contributed by atoms with Crippen LogP contribution >= 0.6 is 0 Å². The van der Waals surface area contributed by atoms with Crippen LogP contribution in [0.2, 0.25) is 0 Å². The molecule has 0 radical (unpaired) electrons. The Hall–Kier alpha value is -2.12. The molecule has 2 saturated heterocycles. The van der Waals surface area contributed by atoms with Crippen LogP contribution in [0.5, 0.6) is 0 Å². The minimum absolute atomic E-state index is 0.154. The molecule has 2 aliphatic heterocycles. The van der Waals surface area contributed by atoms with Crippen LogP contribution in [-0.2, 0) is 28.5 Å². The van der Waals surface area contributed by atoms with E-state index in [9.17, 15) is 35.1 Å². The third kappa shape index (κ3) is 4.89. The summed E-state index contributed by atoms with van der Waals surface area (Å²) in [5.41, 5.74) is 1.40. The lowest BCUT2D eigenvalue weighted by Crippen LogP contribution is -2.59. The lowest BCUT2D eigenvalue weighted by atomic mass is 9.81. The zero-order chi connectivity index (χ0) is 27.3. The van der Waals surface area contributed by atoms with Crippen LogP contribution in [-0.4, -0.2) is 99.2 Å². The maximum absolute atomic E-state index is 12.6. The van der Waals surface area contributed by atoms with Crippen molar-refractivity contribution in [2.75, 3.05) is 6.61 Å². The molecule has 12 atom stereocenters. The number of aliphatic hydroxyl groups is 5. The molecule has 0 spiro atoms. The van der Waals surface area contributed by atoms with Gasteiger partial charge in [-0.05, 0) is 23.8 Å². The first-order chi connectivity index (χ1) is 17.4. The number of carbonyl (C=O) groups excluding carboxylic acids is 2. The molecule has 206 valence electrons. The predicted octanol–water partition coefficient (Wildman–Crippen LogP) is -0.650. The van der Waals surface area contributed by atoms with Gasteiger partial charge >= 0.3 is 11.9 Å². The van der Waals surface area contributed by atoms with Gasteiger partial charge in [0.05, 0.1) is 18.6 Å². The summed E-state index contributed by atoms with van der Waals surface area (Å²) in [6.07, 6.45) is -10.2. The quantitative estimate of drug-likeness (QED) is 0.170. The van der Waals surface area contributed by atoms with E-state index >= 15 is 0 Å². The second kappa shape index (κ2) is 10.6. The summed E-state index contributed by atoms with van der Waals surface area (Å²) in [5.74, 6) is -3.21. The minimum atomic E-state index is -1.59. The molecule has 5 N–H and O–H groups in total. The number of rotatable bonds is 6. The van der Waals surface area contributed by atoms with Crippen molar-refractivity contribution in [3.8, 4) is 0 Å². The second-order valence-corrected chi connectivity index (χ2v) is 10.7. The van der Waals surface area contributed by atoms with E-state index in [0.717, 1.165) is 0 Å². The van der Waals surface area contributed by atoms with Crippen molar-refractivity contribution >= 4 is 11.9 Å². The molecule has 4 fully saturated rings. The predicted molar refractivity (Wildman–Crippen MR) is 126 cm³/mol. The molecule has 0 aromatic heterocycles. The van der Waals surface area contributed by atoms with Gasteiger partial charge in [-0.15, -0.1) is 0 Å². The molecular weight excluding hydrogens is 488 g/mol. The second-order valence-electron chi connectivity index (χ2n) is 10.7. The zero-order valence-corrected chi connectivity index (χ0v) is 20.9. The average molecular weight is 525 g/mol. The molecule has 0 amide bonds. The SMILES string of the molecule is C=C1C(=O)O[C@@H]2[C@H]3C(=C)[C@@H](O[C@@H]4O[C@H](CO)[C@@H](O)[C@H](O)[C@H]4O)C[C@H]3C(=C)C[C@@H](OC(=O)[C@H](O)C(C)C)[C@@H]12. The van der Waals surface area contributed by atoms with E-state index in [4.69, 9.17) is 18.9 Å². The van der Waals surface area contributed by atoms with Gasteiger partial charge in [0.1, 0.15) is 36.6 Å². The van der Waals surface area contributed by atoms with E-state index in [1.54, 1.807) is 13.8 Å². The summed E-state index contributed by atoms with van der Waals surface area (Å²) in [5, 5.41) is 50.2. The maximum Gasteiger partial charge on any atom is 0.335 e. The highest BCUT2D eigenvalue weighted by Crippen LogP contribution is 2.53. The van der Waals surface area contributed by atoms with Crippen molar-refractivity contribution in [1.82, 2.24) is 0 Å². The molecule has 2 heterocycles. The Balaban J connectivity index is 1.56. The Kier molecular flexibility index (Phi) is 7.97. The van der Waals surface area contributed by atoms with Gasteiger partial charge in [-0.25, -0.2) is 9.59 Å². The largest absolute Gasteiger partial charge is 0.459 e. The van der Waals surface area contributed by atoms with E-state index in [1.165, 1.54) is 0 Å². The van der Waals surface area contributed by atoms with E-state index in [2.05, 4.69) is 19.7 Å². The van der Waals surface area contributed by atoms with Crippen LogP contribution in [0.15, 0.2) is 36.5 Å². The summed E-state index contributed by atoms with van der Waals surface area (Å²) in [6.45, 7) is 15.0. The van der Waals surface area contributed by atoms with Gasteiger partial charge in [-0.2, -0.15) is 0 Å². The molecule has 4 aliphatic rings. The van der Waals surface area contributed by atoms with Gasteiger partial charge < -0.3 is 44.5 Å². The zero-order valence-electron chi connectivity index (χ0n) is 20.9. The van der Waals surface area contributed by atoms with E-state index in [1.807, 2.05) is 0 Å². The Morgan fingerprint density at radius 2 is 1.78 bits per heavy atom. The van der Waals surface area contributed by atoms with Gasteiger partial charge in [-0.1, -0.05) is 39.2 Å². The van der Waals surface area contributed by atoms with Gasteiger partial charge in [0, 0.05) is 17.9 Å². The molecule has 0 aromatic carbocycles. The summed E-state index contributed by atoms with van der Waals surface area (Å²) in [4.78, 5) is 25.1. The molecule has 2 aliphatic carbocycles. The normalized spacial score (nSPS) is 42.8. The fourth-order valence-corrected chi connectivity index (χ4v) is 5.83. The highest BCUT2D eigenvalue weighted by molar-refractivity contribution is 5.91. The van der Waals surface area contributed by atoms with Crippen molar-refractivity contribution in [2.24, 2.45) is 23.7 Å². The summed E-state index contributed by atoms with van der Waals surface area (Å²) < 4.78 is 22.8. The first kappa shape index (κ1) is 27.9. The Morgan fingerprint density at radius 3 is 2.41 bits per heavy atom. The summed E-state index contributed by atoms with van der Waals surface area (Å²) in [7, 11) is 0. The fourth-order valence-electron chi connectivity index (χ4n) is 5.83. The van der Waals surface area contributed by atoms with E-state index < -0.39 is 85.5 Å². The minimum Gasteiger partial charge on any atom is -0.459 e. The summed E-state index contributed by atoms with van der Waals surface area (Å²) in [6, 6.07) is 0. The Bertz CT molecular complexity index is 958. The van der Waals surface area contributed by atoms with Gasteiger partial charge in [0.25, 0.3) is 0 Å². The molecule has 11 heteroatoms. The van der Waals surface area contributed by atoms with Crippen LogP contribution in [0.25, 0.3) is 0 Å². The van der Waals surface area contributed by atoms with Crippen molar-refractivity contribution in [3.63, 3.8) is 0 Å². The lowest BCUT2D eigenvalue weighted by molar-refractivity contribution is -0.308. The highest BCUT2D eigenvalue weighted by atomic mass is 16.7. The number of esters is 2. The van der Waals surface area contributed by atoms with Crippen molar-refractivity contribution in [3.05, 3.63) is 36.5 Å². The van der Waals surface area contributed by atoms with Crippen LogP contribution in [0, 0.1) is 23.7 Å². The van der Waals surface area contributed by atoms with Crippen LogP contribution < -0.4 is 0 Å². The molecule has 11 nitrogen and oxygen atoms in total. The third-order valence-corrected chi connectivity index (χ3v) is 8.03. The Labute approximate surface area is 215 Å². The molecule has 37 heavy (non-hydrogen) atoms. The van der Waals surface area contributed by atoms with Crippen LogP contribution in [0.4, 0.5) is 0 Å².